The molecule has 148 valence electrons. The monoisotopic (exact) mass is 376 g/mol. The third-order valence-electron chi connectivity index (χ3n) is 4.49. The highest BCUT2D eigenvalue weighted by atomic mass is 16.5. The van der Waals surface area contributed by atoms with E-state index in [0.29, 0.717) is 6.54 Å². The normalized spacial score (nSPS) is 14.8. The molecule has 0 aliphatic carbocycles. The Labute approximate surface area is 160 Å². The maximum absolute atomic E-state index is 12.6. The summed E-state index contributed by atoms with van der Waals surface area (Å²) in [6, 6.07) is 4.76. The van der Waals surface area contributed by atoms with Crippen molar-refractivity contribution in [2.24, 2.45) is 5.41 Å². The summed E-state index contributed by atoms with van der Waals surface area (Å²) in [7, 11) is 1.60. The van der Waals surface area contributed by atoms with E-state index >= 15 is 0 Å². The molecule has 1 heterocycles. The van der Waals surface area contributed by atoms with E-state index in [9.17, 15) is 14.4 Å². The van der Waals surface area contributed by atoms with Gasteiger partial charge in [0.1, 0.15) is 11.8 Å². The molecule has 0 unspecified atom stereocenters. The van der Waals surface area contributed by atoms with E-state index in [-0.39, 0.29) is 18.4 Å². The fourth-order valence-corrected chi connectivity index (χ4v) is 3.09. The first-order valence-corrected chi connectivity index (χ1v) is 9.04. The van der Waals surface area contributed by atoms with Gasteiger partial charge in [-0.25, -0.2) is 4.79 Å². The summed E-state index contributed by atoms with van der Waals surface area (Å²) in [5, 5.41) is 2.60. The van der Waals surface area contributed by atoms with Gasteiger partial charge in [0.2, 0.25) is 5.91 Å². The Bertz CT molecular complexity index is 724. The topological polar surface area (TPSA) is 84.9 Å². The van der Waals surface area contributed by atoms with Crippen LogP contribution in [0.1, 0.15) is 39.7 Å². The molecule has 2 rings (SSSR count). The minimum Gasteiger partial charge on any atom is -0.497 e. The molecule has 0 fully saturated rings. The van der Waals surface area contributed by atoms with Gasteiger partial charge < -0.3 is 19.7 Å². The molecule has 0 saturated heterocycles. The van der Waals surface area contributed by atoms with Crippen LogP contribution in [0.3, 0.4) is 0 Å². The first-order valence-electron chi connectivity index (χ1n) is 9.04. The van der Waals surface area contributed by atoms with Crippen LogP contribution < -0.4 is 15.0 Å². The average Bonchev–Trinajstić information content (AvgIpc) is 2.61. The first-order chi connectivity index (χ1) is 12.6. The van der Waals surface area contributed by atoms with Gasteiger partial charge in [0.05, 0.1) is 7.11 Å². The zero-order valence-electron chi connectivity index (χ0n) is 16.6. The molecule has 7 heteroatoms. The lowest BCUT2D eigenvalue weighted by Gasteiger charge is -2.31. The Hall–Kier alpha value is -2.57. The number of anilines is 1. The van der Waals surface area contributed by atoms with E-state index < -0.39 is 17.4 Å². The molecule has 1 aliphatic rings. The standard InChI is InChI=1S/C20H28N2O5/c1-13(23)21-18(20(2,3)4)19(25)27-12-17(24)22-10-6-7-14-11-15(26-5)8-9-16(14)22/h8-9,11,18H,6-7,10,12H2,1-5H3,(H,21,23)/t18-/m1/s1. The molecule has 1 atom stereocenters. The number of benzene rings is 1. The fourth-order valence-electron chi connectivity index (χ4n) is 3.09. The van der Waals surface area contributed by atoms with Crippen molar-refractivity contribution in [2.75, 3.05) is 25.2 Å². The third-order valence-corrected chi connectivity index (χ3v) is 4.49. The molecular weight excluding hydrogens is 348 g/mol. The summed E-state index contributed by atoms with van der Waals surface area (Å²) in [5.74, 6) is -0.474. The summed E-state index contributed by atoms with van der Waals surface area (Å²) in [5.41, 5.74) is 1.32. The van der Waals surface area contributed by atoms with Crippen molar-refractivity contribution >= 4 is 23.5 Å². The summed E-state index contributed by atoms with van der Waals surface area (Å²) in [6.45, 7) is 7.03. The van der Waals surface area contributed by atoms with E-state index in [1.165, 1.54) is 6.92 Å². The van der Waals surface area contributed by atoms with E-state index in [1.54, 1.807) is 12.0 Å². The Morgan fingerprint density at radius 1 is 1.26 bits per heavy atom. The summed E-state index contributed by atoms with van der Waals surface area (Å²) in [6.07, 6.45) is 1.70. The van der Waals surface area contributed by atoms with Gasteiger partial charge in [-0.15, -0.1) is 0 Å². The summed E-state index contributed by atoms with van der Waals surface area (Å²) < 4.78 is 10.5. The van der Waals surface area contributed by atoms with Crippen LogP contribution >= 0.6 is 0 Å². The number of hydrogen-bond acceptors (Lipinski definition) is 5. The second-order valence-electron chi connectivity index (χ2n) is 7.75. The molecule has 1 aromatic rings. The SMILES string of the molecule is COc1ccc2c(c1)CCCN2C(=O)COC(=O)[C@@H](NC(C)=O)C(C)(C)C. The van der Waals surface area contributed by atoms with E-state index in [2.05, 4.69) is 5.32 Å². The van der Waals surface area contributed by atoms with Crippen LogP contribution in [0.25, 0.3) is 0 Å². The second-order valence-corrected chi connectivity index (χ2v) is 7.75. The zero-order valence-corrected chi connectivity index (χ0v) is 16.6. The number of carbonyl (C=O) groups is 3. The van der Waals surface area contributed by atoms with Gasteiger partial charge in [0.25, 0.3) is 5.91 Å². The first kappa shape index (κ1) is 20.7. The van der Waals surface area contributed by atoms with Crippen LogP contribution in [0.2, 0.25) is 0 Å². The van der Waals surface area contributed by atoms with Gasteiger partial charge in [-0.05, 0) is 42.0 Å². The van der Waals surface area contributed by atoms with Gasteiger partial charge in [0.15, 0.2) is 6.61 Å². The number of aryl methyl sites for hydroxylation is 1. The number of esters is 1. The Morgan fingerprint density at radius 3 is 2.56 bits per heavy atom. The summed E-state index contributed by atoms with van der Waals surface area (Å²) in [4.78, 5) is 38.1. The van der Waals surface area contributed by atoms with Crippen molar-refractivity contribution in [2.45, 2.75) is 46.6 Å². The smallest absolute Gasteiger partial charge is 0.329 e. The number of hydrogen-bond donors (Lipinski definition) is 1. The highest BCUT2D eigenvalue weighted by Gasteiger charge is 2.34. The minimum absolute atomic E-state index is 0.287. The maximum atomic E-state index is 12.6. The van der Waals surface area contributed by atoms with Crippen LogP contribution in [0.4, 0.5) is 5.69 Å². The number of rotatable bonds is 5. The van der Waals surface area contributed by atoms with Gasteiger partial charge >= 0.3 is 5.97 Å². The third kappa shape index (κ3) is 5.21. The van der Waals surface area contributed by atoms with Crippen molar-refractivity contribution in [1.29, 1.82) is 0 Å². The maximum Gasteiger partial charge on any atom is 0.329 e. The predicted molar refractivity (Wildman–Crippen MR) is 102 cm³/mol. The number of nitrogens with one attached hydrogen (secondary N) is 1. The predicted octanol–water partition coefficient (Wildman–Crippen LogP) is 2.07. The van der Waals surface area contributed by atoms with Crippen molar-refractivity contribution in [1.82, 2.24) is 5.32 Å². The van der Waals surface area contributed by atoms with Gasteiger partial charge in [-0.2, -0.15) is 0 Å². The second kappa shape index (κ2) is 8.41. The molecule has 27 heavy (non-hydrogen) atoms. The molecular formula is C20H28N2O5. The van der Waals surface area contributed by atoms with Gasteiger partial charge in [-0.1, -0.05) is 20.8 Å². The Balaban J connectivity index is 2.06. The molecule has 7 nitrogen and oxygen atoms in total. The molecule has 0 spiro atoms. The number of methoxy groups -OCH3 is 1. The van der Waals surface area contributed by atoms with E-state index in [1.807, 2.05) is 39.0 Å². The zero-order chi connectivity index (χ0) is 20.2. The molecule has 2 amide bonds. The Kier molecular flexibility index (Phi) is 6.46. The van der Waals surface area contributed by atoms with Crippen molar-refractivity contribution in [3.05, 3.63) is 23.8 Å². The van der Waals surface area contributed by atoms with Crippen molar-refractivity contribution < 1.29 is 23.9 Å². The largest absolute Gasteiger partial charge is 0.497 e. The molecule has 0 aromatic heterocycles. The number of amides is 2. The Morgan fingerprint density at radius 2 is 1.96 bits per heavy atom. The lowest BCUT2D eigenvalue weighted by atomic mass is 9.86. The number of carbonyl (C=O) groups excluding carboxylic acids is 3. The van der Waals surface area contributed by atoms with Crippen LogP contribution in [-0.4, -0.2) is 44.1 Å². The summed E-state index contributed by atoms with van der Waals surface area (Å²) >= 11 is 0. The van der Waals surface area contributed by atoms with Crippen LogP contribution in [0.5, 0.6) is 5.75 Å². The molecule has 0 saturated carbocycles. The molecule has 0 bridgehead atoms. The van der Waals surface area contributed by atoms with Crippen LogP contribution in [0, 0.1) is 5.41 Å². The molecule has 1 aliphatic heterocycles. The van der Waals surface area contributed by atoms with Crippen LogP contribution in [0.15, 0.2) is 18.2 Å². The number of ether oxygens (including phenoxy) is 2. The quantitative estimate of drug-likeness (QED) is 0.795. The van der Waals surface area contributed by atoms with Gasteiger partial charge in [-0.3, -0.25) is 9.59 Å². The van der Waals surface area contributed by atoms with E-state index in [4.69, 9.17) is 9.47 Å². The number of nitrogens with zero attached hydrogens (tertiary/aromatic N) is 1. The van der Waals surface area contributed by atoms with E-state index in [0.717, 1.165) is 29.8 Å². The molecule has 1 N–H and O–H groups in total. The average molecular weight is 376 g/mol. The molecule has 0 radical (unpaired) electrons. The lowest BCUT2D eigenvalue weighted by Crippen LogP contribution is -2.50. The minimum atomic E-state index is -0.819. The van der Waals surface area contributed by atoms with Crippen molar-refractivity contribution in [3.8, 4) is 5.75 Å². The highest BCUT2D eigenvalue weighted by molar-refractivity contribution is 5.97. The fraction of sp³-hybridized carbons (Fsp3) is 0.550. The number of fused-ring (bicyclic) bond motifs is 1. The van der Waals surface area contributed by atoms with Crippen LogP contribution in [-0.2, 0) is 25.5 Å². The van der Waals surface area contributed by atoms with Crippen molar-refractivity contribution in [3.63, 3.8) is 0 Å². The highest BCUT2D eigenvalue weighted by Crippen LogP contribution is 2.30. The van der Waals surface area contributed by atoms with Gasteiger partial charge in [0, 0.05) is 19.2 Å². The lowest BCUT2D eigenvalue weighted by molar-refractivity contribution is -0.153. The molecule has 1 aromatic carbocycles.